The summed E-state index contributed by atoms with van der Waals surface area (Å²) in [6.07, 6.45) is 0. The number of ether oxygens (including phenoxy) is 3. The largest absolute Gasteiger partial charge is 1.00 e. The van der Waals surface area contributed by atoms with Crippen LogP contribution in [0.15, 0.2) is 127 Å². The second kappa shape index (κ2) is 20.7. The summed E-state index contributed by atoms with van der Waals surface area (Å²) in [4.78, 5) is 23.0. The maximum Gasteiger partial charge on any atom is 1.00 e. The molecule has 46 heavy (non-hydrogen) atoms. The molecule has 0 atom stereocenters. The number of hydrogen-bond acceptors (Lipinski definition) is 6. The van der Waals surface area contributed by atoms with Gasteiger partial charge in [0.15, 0.2) is 0 Å². The van der Waals surface area contributed by atoms with Gasteiger partial charge in [-0.15, -0.1) is 0 Å². The van der Waals surface area contributed by atoms with Crippen molar-refractivity contribution in [1.82, 2.24) is 0 Å². The van der Waals surface area contributed by atoms with Crippen LogP contribution >= 0.6 is 23.2 Å². The Balaban J connectivity index is 0.000000452. The van der Waals surface area contributed by atoms with E-state index in [1.165, 1.54) is 12.1 Å². The minimum Gasteiger partial charge on any atom is -0.870 e. The quantitative estimate of drug-likeness (QED) is 0.166. The first-order valence-corrected chi connectivity index (χ1v) is 14.0. The summed E-state index contributed by atoms with van der Waals surface area (Å²) in [5, 5.41) is 9.32. The molecule has 0 aromatic heterocycles. The molecule has 4 N–H and O–H groups in total. The molecule has 0 unspecified atom stereocenters. The molecular formula is C35H31Cl2LiO8. The fourth-order valence-electron chi connectivity index (χ4n) is 3.79. The minimum atomic E-state index is -1.05. The minimum absolute atomic E-state index is 0. The van der Waals surface area contributed by atoms with Crippen LogP contribution in [-0.2, 0) is 24.6 Å². The van der Waals surface area contributed by atoms with Crippen molar-refractivity contribution in [1.29, 1.82) is 0 Å². The van der Waals surface area contributed by atoms with Crippen molar-refractivity contribution in [3.05, 3.63) is 165 Å². The van der Waals surface area contributed by atoms with Gasteiger partial charge in [0.25, 0.3) is 0 Å². The molecule has 0 bridgehead atoms. The van der Waals surface area contributed by atoms with Crippen molar-refractivity contribution < 1.29 is 58.7 Å². The van der Waals surface area contributed by atoms with E-state index in [9.17, 15) is 9.59 Å². The number of hydrogen-bond donors (Lipinski definition) is 1. The van der Waals surface area contributed by atoms with E-state index in [-0.39, 0.29) is 47.0 Å². The van der Waals surface area contributed by atoms with E-state index in [0.717, 1.165) is 16.7 Å². The van der Waals surface area contributed by atoms with Crippen LogP contribution in [0.25, 0.3) is 0 Å². The Morgan fingerprint density at radius 2 is 0.935 bits per heavy atom. The molecule has 0 amide bonds. The van der Waals surface area contributed by atoms with Crippen LogP contribution in [0.2, 0.25) is 10.0 Å². The molecule has 234 valence electrons. The van der Waals surface area contributed by atoms with Gasteiger partial charge in [-0.1, -0.05) is 114 Å². The number of carbonyl (C=O) groups excluding carboxylic acids is 1. The molecule has 0 saturated heterocycles. The predicted octanol–water partition coefficient (Wildman–Crippen LogP) is 4.90. The van der Waals surface area contributed by atoms with Gasteiger partial charge in [-0.25, -0.2) is 9.59 Å². The molecule has 5 aromatic carbocycles. The average Bonchev–Trinajstić information content (AvgIpc) is 3.03. The van der Waals surface area contributed by atoms with Crippen LogP contribution in [0.5, 0.6) is 11.5 Å². The van der Waals surface area contributed by atoms with Crippen molar-refractivity contribution >= 4 is 35.1 Å². The number of benzene rings is 5. The maximum absolute atomic E-state index is 12.2. The Morgan fingerprint density at radius 3 is 1.30 bits per heavy atom. The summed E-state index contributed by atoms with van der Waals surface area (Å²) >= 11 is 12.1. The van der Waals surface area contributed by atoms with Gasteiger partial charge in [-0.2, -0.15) is 0 Å². The number of carboxylic acids is 1. The monoisotopic (exact) mass is 656 g/mol. The van der Waals surface area contributed by atoms with Crippen molar-refractivity contribution in [3.8, 4) is 11.5 Å². The van der Waals surface area contributed by atoms with Gasteiger partial charge in [0, 0.05) is 0 Å². The van der Waals surface area contributed by atoms with Gasteiger partial charge in [0.05, 0.1) is 21.2 Å². The van der Waals surface area contributed by atoms with E-state index in [4.69, 9.17) is 42.5 Å². The summed E-state index contributed by atoms with van der Waals surface area (Å²) in [5.74, 6) is -0.347. The molecule has 11 heteroatoms. The fraction of sp³-hybridized carbons (Fsp3) is 0.0857. The average molecular weight is 657 g/mol. The molecule has 0 saturated carbocycles. The van der Waals surface area contributed by atoms with E-state index >= 15 is 0 Å². The van der Waals surface area contributed by atoms with E-state index in [1.54, 1.807) is 24.3 Å². The summed E-state index contributed by atoms with van der Waals surface area (Å²) in [7, 11) is 0. The number of esters is 1. The van der Waals surface area contributed by atoms with E-state index in [1.807, 2.05) is 91.0 Å². The molecule has 8 nitrogen and oxygen atoms in total. The number of carbonyl (C=O) groups is 2. The van der Waals surface area contributed by atoms with E-state index < -0.39 is 11.9 Å². The smallest absolute Gasteiger partial charge is 0.870 e. The standard InChI is InChI=1S/C21H17ClO3.C14H11ClO3.Li.2H2O/c22-20-13-18(24-14-16-7-3-1-4-8-16)11-12-19(20)21(23)25-15-17-9-5-2-6-10-17;15-13-8-11(6-7-12(13)14(16)17)18-9-10-4-2-1-3-5-10;;;/h1-13H,14-15H2;1-8H,9H2,(H,16,17);;2*1H2/q;;+1;;/p-1. The van der Waals surface area contributed by atoms with Gasteiger partial charge >= 0.3 is 30.8 Å². The third-order valence-corrected chi connectivity index (χ3v) is 6.67. The Hall–Kier alpha value is -4.26. The SMILES string of the molecule is O.O=C(O)c1ccc(OCc2ccccc2)cc1Cl.O=C(OCc1ccccc1)c1ccc(OCc2ccccc2)cc1Cl.[Li+].[OH-]. The van der Waals surface area contributed by atoms with Crippen molar-refractivity contribution in [2.24, 2.45) is 0 Å². The number of halogens is 2. The first-order valence-electron chi connectivity index (χ1n) is 13.3. The normalized spacial score (nSPS) is 9.52. The number of carboxylic acid groups (broad SMARTS) is 1. The second-order valence-electron chi connectivity index (χ2n) is 9.20. The van der Waals surface area contributed by atoms with Crippen LogP contribution in [0, 0.1) is 0 Å². The van der Waals surface area contributed by atoms with Crippen LogP contribution < -0.4 is 28.3 Å². The first kappa shape index (κ1) is 39.8. The summed E-state index contributed by atoms with van der Waals surface area (Å²) in [6, 6.07) is 38.5. The Morgan fingerprint density at radius 1 is 0.565 bits per heavy atom. The third kappa shape index (κ3) is 12.6. The number of aromatic carboxylic acids is 1. The zero-order chi connectivity index (χ0) is 30.4. The Labute approximate surface area is 289 Å². The van der Waals surface area contributed by atoms with Gasteiger partial charge in [0.1, 0.15) is 31.3 Å². The summed E-state index contributed by atoms with van der Waals surface area (Å²) in [5.41, 5.74) is 3.42. The van der Waals surface area contributed by atoms with Crippen molar-refractivity contribution in [2.75, 3.05) is 0 Å². The maximum atomic E-state index is 12.2. The van der Waals surface area contributed by atoms with E-state index in [0.29, 0.717) is 35.3 Å². The summed E-state index contributed by atoms with van der Waals surface area (Å²) < 4.78 is 16.5. The topological polar surface area (TPSA) is 144 Å². The zero-order valence-corrected chi connectivity index (χ0v) is 26.4. The molecule has 0 aliphatic carbocycles. The van der Waals surface area contributed by atoms with Gasteiger partial charge in [-0.3, -0.25) is 0 Å². The molecule has 0 aliphatic heterocycles. The van der Waals surface area contributed by atoms with Gasteiger partial charge in [-0.05, 0) is 53.1 Å². The molecule has 5 rings (SSSR count). The first-order chi connectivity index (χ1) is 20.9. The third-order valence-electron chi connectivity index (χ3n) is 6.04. The predicted molar refractivity (Wildman–Crippen MR) is 173 cm³/mol. The van der Waals surface area contributed by atoms with Gasteiger partial charge in [0.2, 0.25) is 0 Å². The van der Waals surface area contributed by atoms with Crippen LogP contribution in [-0.4, -0.2) is 28.0 Å². The van der Waals surface area contributed by atoms with Crippen molar-refractivity contribution in [3.63, 3.8) is 0 Å². The second-order valence-corrected chi connectivity index (χ2v) is 10.0. The van der Waals surface area contributed by atoms with Crippen LogP contribution in [0.4, 0.5) is 0 Å². The molecule has 0 aliphatic rings. The number of rotatable bonds is 10. The Bertz CT molecular complexity index is 1640. The molecule has 5 aromatic rings. The summed E-state index contributed by atoms with van der Waals surface area (Å²) in [6.45, 7) is 1.07. The molecular weight excluding hydrogens is 626 g/mol. The molecule has 0 radical (unpaired) electrons. The molecule has 0 fully saturated rings. The van der Waals surface area contributed by atoms with Crippen LogP contribution in [0.1, 0.15) is 37.4 Å². The molecule has 0 spiro atoms. The van der Waals surface area contributed by atoms with Gasteiger partial charge < -0.3 is 30.3 Å². The zero-order valence-electron chi connectivity index (χ0n) is 24.9. The Kier molecular flexibility index (Phi) is 17.9. The van der Waals surface area contributed by atoms with E-state index in [2.05, 4.69) is 0 Å². The van der Waals surface area contributed by atoms with Crippen molar-refractivity contribution in [2.45, 2.75) is 19.8 Å². The molecule has 0 heterocycles. The van der Waals surface area contributed by atoms with Crippen LogP contribution in [0.3, 0.4) is 0 Å². The fourth-order valence-corrected chi connectivity index (χ4v) is 4.29.